The number of amides is 1. The topological polar surface area (TPSA) is 108 Å². The number of carbonyl (C=O) groups is 1. The van der Waals surface area contributed by atoms with Crippen LogP contribution in [0.1, 0.15) is 34.6 Å². The maximum Gasteiger partial charge on any atom is 0.267 e. The van der Waals surface area contributed by atoms with Gasteiger partial charge in [0, 0.05) is 19.1 Å². The van der Waals surface area contributed by atoms with Gasteiger partial charge in [0.15, 0.2) is 5.69 Å². The van der Waals surface area contributed by atoms with Gasteiger partial charge in [0.2, 0.25) is 0 Å². The fourth-order valence-corrected chi connectivity index (χ4v) is 4.33. The molecule has 3 atom stereocenters. The van der Waals surface area contributed by atoms with Crippen LogP contribution in [0.15, 0.2) is 18.6 Å². The van der Waals surface area contributed by atoms with Gasteiger partial charge in [-0.15, -0.1) is 5.10 Å². The fourth-order valence-electron chi connectivity index (χ4n) is 3.84. The van der Waals surface area contributed by atoms with Crippen LogP contribution in [0.25, 0.3) is 0 Å². The molecule has 1 amide bonds. The van der Waals surface area contributed by atoms with Crippen LogP contribution >= 0.6 is 11.5 Å². The molecule has 2 aromatic rings. The number of hydrogen-bond acceptors (Lipinski definition) is 8. The molecule has 1 aliphatic heterocycles. The van der Waals surface area contributed by atoms with Gasteiger partial charge in [-0.3, -0.25) is 9.78 Å². The lowest BCUT2D eigenvalue weighted by Crippen LogP contribution is -2.32. The summed E-state index contributed by atoms with van der Waals surface area (Å²) < 4.78 is 3.78. The molecule has 1 saturated carbocycles. The van der Waals surface area contributed by atoms with E-state index in [1.807, 2.05) is 11.0 Å². The van der Waals surface area contributed by atoms with Gasteiger partial charge in [-0.1, -0.05) is 4.49 Å². The quantitative estimate of drug-likeness (QED) is 0.890. The molecular formula is C16H17N7OS. The average molecular weight is 355 g/mol. The molecule has 1 aliphatic carbocycles. The molecule has 128 valence electrons. The Morgan fingerprint density at radius 1 is 1.28 bits per heavy atom. The summed E-state index contributed by atoms with van der Waals surface area (Å²) in [6, 6.07) is 2.30. The maximum atomic E-state index is 12.5. The van der Waals surface area contributed by atoms with E-state index in [0.29, 0.717) is 34.3 Å². The zero-order valence-electron chi connectivity index (χ0n) is 13.5. The van der Waals surface area contributed by atoms with Gasteiger partial charge in [-0.05, 0) is 42.6 Å². The normalized spacial score (nSPS) is 25.2. The van der Waals surface area contributed by atoms with Crippen LogP contribution in [-0.4, -0.2) is 49.5 Å². The van der Waals surface area contributed by atoms with Crippen LogP contribution in [0.2, 0.25) is 0 Å². The van der Waals surface area contributed by atoms with Crippen LogP contribution in [0.4, 0.5) is 5.82 Å². The van der Waals surface area contributed by atoms with E-state index >= 15 is 0 Å². The number of nitrogens with zero attached hydrogens (tertiary/aromatic N) is 6. The van der Waals surface area contributed by atoms with E-state index in [2.05, 4.69) is 24.9 Å². The number of anilines is 1. The summed E-state index contributed by atoms with van der Waals surface area (Å²) in [7, 11) is 0. The summed E-state index contributed by atoms with van der Waals surface area (Å²) in [5, 5.41) is 16.1. The van der Waals surface area contributed by atoms with Crippen molar-refractivity contribution < 1.29 is 4.79 Å². The highest BCUT2D eigenvalue weighted by atomic mass is 32.1. The number of rotatable bonds is 3. The van der Waals surface area contributed by atoms with Gasteiger partial charge in [0.25, 0.3) is 5.91 Å². The first-order chi connectivity index (χ1) is 12.2. The molecule has 2 aliphatic rings. The first-order valence-corrected chi connectivity index (χ1v) is 9.05. The number of likely N-dealkylation sites (tertiary alicyclic amines) is 1. The second-order valence-electron chi connectivity index (χ2n) is 6.57. The van der Waals surface area contributed by atoms with Crippen molar-refractivity contribution in [3.8, 4) is 6.07 Å². The summed E-state index contributed by atoms with van der Waals surface area (Å²) in [4.78, 5) is 23.3. The molecule has 0 bridgehead atoms. The number of nitrogens with one attached hydrogen (secondary N) is 1. The molecule has 8 nitrogen and oxygen atoms in total. The van der Waals surface area contributed by atoms with Crippen molar-refractivity contribution in [1.29, 1.82) is 5.26 Å². The van der Waals surface area contributed by atoms with E-state index in [0.717, 1.165) is 43.9 Å². The van der Waals surface area contributed by atoms with E-state index in [1.54, 1.807) is 12.4 Å². The lowest BCUT2D eigenvalue weighted by Gasteiger charge is -2.31. The zero-order chi connectivity index (χ0) is 17.2. The number of aromatic nitrogens is 4. The predicted molar refractivity (Wildman–Crippen MR) is 90.8 cm³/mol. The Bertz CT molecular complexity index is 803. The Morgan fingerprint density at radius 2 is 2.16 bits per heavy atom. The lowest BCUT2D eigenvalue weighted by atomic mass is 9.79. The minimum absolute atomic E-state index is 0.0431. The van der Waals surface area contributed by atoms with Crippen LogP contribution in [-0.2, 0) is 0 Å². The van der Waals surface area contributed by atoms with E-state index in [-0.39, 0.29) is 5.91 Å². The zero-order valence-corrected chi connectivity index (χ0v) is 14.3. The molecule has 25 heavy (non-hydrogen) atoms. The Kier molecular flexibility index (Phi) is 4.28. The van der Waals surface area contributed by atoms with Gasteiger partial charge in [-0.25, -0.2) is 4.98 Å². The number of nitriles is 1. The van der Waals surface area contributed by atoms with Crippen molar-refractivity contribution >= 4 is 23.3 Å². The molecule has 0 radical (unpaired) electrons. The molecule has 1 N–H and O–H groups in total. The Hall–Kier alpha value is -2.60. The Morgan fingerprint density at radius 3 is 2.96 bits per heavy atom. The predicted octanol–water partition coefficient (Wildman–Crippen LogP) is 1.55. The van der Waals surface area contributed by atoms with Gasteiger partial charge in [0.05, 0.1) is 18.6 Å². The van der Waals surface area contributed by atoms with E-state index in [9.17, 15) is 4.79 Å². The standard InChI is InChI=1S/C16H17N7OS/c17-4-13-5-18-7-15(21-13)20-12-2-1-10-8-23(9-11(10)3-12)16(24)14-6-19-22-25-14/h5-7,10-12H,1-3,8-9H2,(H,20,21). The third kappa shape index (κ3) is 3.30. The third-order valence-electron chi connectivity index (χ3n) is 5.01. The van der Waals surface area contributed by atoms with Crippen LogP contribution in [0.5, 0.6) is 0 Å². The molecule has 0 spiro atoms. The highest BCUT2D eigenvalue weighted by Crippen LogP contribution is 2.37. The van der Waals surface area contributed by atoms with Crippen molar-refractivity contribution in [2.75, 3.05) is 18.4 Å². The molecule has 4 rings (SSSR count). The third-order valence-corrected chi connectivity index (χ3v) is 5.66. The van der Waals surface area contributed by atoms with Gasteiger partial charge in [-0.2, -0.15) is 5.26 Å². The molecule has 2 fully saturated rings. The molecule has 1 saturated heterocycles. The second kappa shape index (κ2) is 6.72. The van der Waals surface area contributed by atoms with Crippen molar-refractivity contribution in [2.24, 2.45) is 11.8 Å². The second-order valence-corrected chi connectivity index (χ2v) is 7.35. The van der Waals surface area contributed by atoms with Crippen molar-refractivity contribution in [2.45, 2.75) is 25.3 Å². The van der Waals surface area contributed by atoms with E-state index in [4.69, 9.17) is 5.26 Å². The van der Waals surface area contributed by atoms with Gasteiger partial charge >= 0.3 is 0 Å². The summed E-state index contributed by atoms with van der Waals surface area (Å²) in [5.74, 6) is 1.73. The molecule has 9 heteroatoms. The summed E-state index contributed by atoms with van der Waals surface area (Å²) >= 11 is 1.15. The van der Waals surface area contributed by atoms with Crippen LogP contribution in [0.3, 0.4) is 0 Å². The van der Waals surface area contributed by atoms with Gasteiger partial charge < -0.3 is 10.2 Å². The smallest absolute Gasteiger partial charge is 0.267 e. The van der Waals surface area contributed by atoms with E-state index in [1.165, 1.54) is 6.20 Å². The van der Waals surface area contributed by atoms with Crippen molar-refractivity contribution in [3.05, 3.63) is 29.2 Å². The fraction of sp³-hybridized carbons (Fsp3) is 0.500. The van der Waals surface area contributed by atoms with Crippen LogP contribution in [0, 0.1) is 23.2 Å². The van der Waals surface area contributed by atoms with E-state index < -0.39 is 0 Å². The largest absolute Gasteiger partial charge is 0.366 e. The van der Waals surface area contributed by atoms with Crippen molar-refractivity contribution in [3.63, 3.8) is 0 Å². The minimum Gasteiger partial charge on any atom is -0.366 e. The highest BCUT2D eigenvalue weighted by Gasteiger charge is 2.40. The molecule has 2 aromatic heterocycles. The lowest BCUT2D eigenvalue weighted by molar-refractivity contribution is 0.0788. The Balaban J connectivity index is 1.38. The first-order valence-electron chi connectivity index (χ1n) is 8.28. The Labute approximate surface area is 149 Å². The average Bonchev–Trinajstić information content (AvgIpc) is 3.30. The minimum atomic E-state index is 0.0431. The molecule has 3 unspecified atom stereocenters. The summed E-state index contributed by atoms with van der Waals surface area (Å²) in [6.07, 6.45) is 7.75. The number of fused-ring (bicyclic) bond motifs is 1. The maximum absolute atomic E-state index is 12.5. The molecule has 0 aromatic carbocycles. The monoisotopic (exact) mass is 355 g/mol. The number of hydrogen-bond donors (Lipinski definition) is 1. The van der Waals surface area contributed by atoms with Gasteiger partial charge in [0.1, 0.15) is 16.8 Å². The first kappa shape index (κ1) is 15.9. The molecule has 3 heterocycles. The molecular weight excluding hydrogens is 338 g/mol. The summed E-state index contributed by atoms with van der Waals surface area (Å²) in [5.41, 5.74) is 0.314. The summed E-state index contributed by atoms with van der Waals surface area (Å²) in [6.45, 7) is 1.60. The SMILES string of the molecule is N#Cc1cncc(NC2CCC3CN(C(=O)c4cnns4)CC3C2)n1. The van der Waals surface area contributed by atoms with Crippen LogP contribution < -0.4 is 5.32 Å². The highest BCUT2D eigenvalue weighted by molar-refractivity contribution is 7.07. The number of carbonyl (C=O) groups excluding carboxylic acids is 1. The van der Waals surface area contributed by atoms with Crippen molar-refractivity contribution in [1.82, 2.24) is 24.5 Å².